The molecule has 1 aromatic carbocycles. The Labute approximate surface area is 96.3 Å². The quantitative estimate of drug-likeness (QED) is 0.783. The first kappa shape index (κ1) is 12.5. The van der Waals surface area contributed by atoms with Crippen molar-refractivity contribution in [3.8, 4) is 0 Å². The van der Waals surface area contributed by atoms with Crippen molar-refractivity contribution in [3.05, 3.63) is 34.9 Å². The van der Waals surface area contributed by atoms with Crippen LogP contribution in [0.5, 0.6) is 0 Å². The molecule has 0 aliphatic carbocycles. The first-order valence-corrected chi connectivity index (χ1v) is 5.73. The van der Waals surface area contributed by atoms with Crippen LogP contribution < -0.4 is 5.32 Å². The summed E-state index contributed by atoms with van der Waals surface area (Å²) in [5, 5.41) is 13.5. The Morgan fingerprint density at radius 3 is 2.93 bits per heavy atom. The van der Waals surface area contributed by atoms with Crippen LogP contribution in [0.1, 0.15) is 25.3 Å². The van der Waals surface area contributed by atoms with Crippen molar-refractivity contribution in [2.75, 3.05) is 6.54 Å². The number of halogens is 1. The summed E-state index contributed by atoms with van der Waals surface area (Å²) in [6, 6.07) is 7.74. The van der Waals surface area contributed by atoms with Crippen LogP contribution in [-0.4, -0.2) is 17.8 Å². The van der Waals surface area contributed by atoms with E-state index >= 15 is 0 Å². The lowest BCUT2D eigenvalue weighted by molar-refractivity contribution is 0.160. The van der Waals surface area contributed by atoms with Crippen molar-refractivity contribution in [1.82, 2.24) is 5.32 Å². The molecule has 2 N–H and O–H groups in total. The first-order valence-electron chi connectivity index (χ1n) is 5.35. The molecular weight excluding hydrogens is 210 g/mol. The molecule has 1 rings (SSSR count). The Balaban J connectivity index is 2.25. The van der Waals surface area contributed by atoms with Gasteiger partial charge in [0.15, 0.2) is 0 Å². The van der Waals surface area contributed by atoms with Gasteiger partial charge in [-0.25, -0.2) is 0 Å². The molecule has 0 radical (unpaired) electrons. The van der Waals surface area contributed by atoms with Gasteiger partial charge in [0, 0.05) is 18.1 Å². The van der Waals surface area contributed by atoms with Gasteiger partial charge in [0.2, 0.25) is 0 Å². The van der Waals surface area contributed by atoms with Crippen LogP contribution in [0.3, 0.4) is 0 Å². The summed E-state index contributed by atoms with van der Waals surface area (Å²) in [5.74, 6) is 0. The van der Waals surface area contributed by atoms with Crippen LogP contribution in [0.25, 0.3) is 0 Å². The van der Waals surface area contributed by atoms with Crippen LogP contribution >= 0.6 is 11.6 Å². The fourth-order valence-corrected chi connectivity index (χ4v) is 1.68. The Morgan fingerprint density at radius 1 is 1.47 bits per heavy atom. The molecule has 0 aliphatic heterocycles. The van der Waals surface area contributed by atoms with Gasteiger partial charge in [-0.3, -0.25) is 0 Å². The van der Waals surface area contributed by atoms with Crippen molar-refractivity contribution >= 4 is 11.6 Å². The Morgan fingerprint density at radius 2 is 2.27 bits per heavy atom. The van der Waals surface area contributed by atoms with E-state index in [9.17, 15) is 5.11 Å². The largest absolute Gasteiger partial charge is 0.392 e. The molecule has 1 aromatic rings. The highest BCUT2D eigenvalue weighted by molar-refractivity contribution is 6.30. The molecule has 1 unspecified atom stereocenters. The average molecular weight is 228 g/mol. The highest BCUT2D eigenvalue weighted by Crippen LogP contribution is 2.10. The maximum absolute atomic E-state index is 9.49. The van der Waals surface area contributed by atoms with Gasteiger partial charge in [-0.2, -0.15) is 0 Å². The molecule has 84 valence electrons. The van der Waals surface area contributed by atoms with Crippen LogP contribution in [0, 0.1) is 0 Å². The minimum atomic E-state index is -0.241. The van der Waals surface area contributed by atoms with Gasteiger partial charge in [0.05, 0.1) is 6.10 Å². The molecule has 0 aliphatic rings. The van der Waals surface area contributed by atoms with Crippen LogP contribution in [0.2, 0.25) is 5.02 Å². The van der Waals surface area contributed by atoms with E-state index in [2.05, 4.69) is 12.2 Å². The molecule has 0 saturated heterocycles. The van der Waals surface area contributed by atoms with Gasteiger partial charge in [-0.1, -0.05) is 37.1 Å². The standard InChI is InChI=1S/C12H18ClNO/c1-2-4-12(15)9-14-8-10-5-3-6-11(13)7-10/h3,5-7,12,14-15H,2,4,8-9H2,1H3. The first-order chi connectivity index (χ1) is 7.22. The smallest absolute Gasteiger partial charge is 0.0664 e. The normalized spacial score (nSPS) is 12.7. The molecular formula is C12H18ClNO. The predicted molar refractivity (Wildman–Crippen MR) is 64.1 cm³/mol. The molecule has 0 saturated carbocycles. The van der Waals surface area contributed by atoms with Crippen molar-refractivity contribution in [3.63, 3.8) is 0 Å². The molecule has 0 bridgehead atoms. The molecule has 2 nitrogen and oxygen atoms in total. The van der Waals surface area contributed by atoms with Gasteiger partial charge in [0.1, 0.15) is 0 Å². The second-order valence-corrected chi connectivity index (χ2v) is 4.14. The van der Waals surface area contributed by atoms with E-state index in [1.165, 1.54) is 0 Å². The SMILES string of the molecule is CCCC(O)CNCc1cccc(Cl)c1. The second-order valence-electron chi connectivity index (χ2n) is 3.70. The van der Waals surface area contributed by atoms with Crippen molar-refractivity contribution < 1.29 is 5.11 Å². The fraction of sp³-hybridized carbons (Fsp3) is 0.500. The zero-order chi connectivity index (χ0) is 11.1. The lowest BCUT2D eigenvalue weighted by Gasteiger charge is -2.10. The minimum absolute atomic E-state index is 0.241. The molecule has 0 aromatic heterocycles. The topological polar surface area (TPSA) is 32.3 Å². The van der Waals surface area contributed by atoms with E-state index in [0.29, 0.717) is 6.54 Å². The van der Waals surface area contributed by atoms with E-state index in [1.807, 2.05) is 24.3 Å². The summed E-state index contributed by atoms with van der Waals surface area (Å²) >= 11 is 5.86. The number of nitrogens with one attached hydrogen (secondary N) is 1. The number of aliphatic hydroxyl groups is 1. The fourth-order valence-electron chi connectivity index (χ4n) is 1.47. The van der Waals surface area contributed by atoms with Crippen LogP contribution in [-0.2, 0) is 6.54 Å². The molecule has 0 fully saturated rings. The van der Waals surface area contributed by atoms with E-state index in [-0.39, 0.29) is 6.10 Å². The summed E-state index contributed by atoms with van der Waals surface area (Å²) in [4.78, 5) is 0. The number of benzene rings is 1. The molecule has 0 heterocycles. The van der Waals surface area contributed by atoms with Gasteiger partial charge in [0.25, 0.3) is 0 Å². The second kappa shape index (κ2) is 6.83. The maximum atomic E-state index is 9.49. The lowest BCUT2D eigenvalue weighted by atomic mass is 10.2. The Bertz CT molecular complexity index is 291. The number of aliphatic hydroxyl groups excluding tert-OH is 1. The van der Waals surface area contributed by atoms with Gasteiger partial charge >= 0.3 is 0 Å². The molecule has 15 heavy (non-hydrogen) atoms. The molecule has 3 heteroatoms. The third-order valence-electron chi connectivity index (χ3n) is 2.22. The summed E-state index contributed by atoms with van der Waals surface area (Å²) in [6.07, 6.45) is 1.62. The summed E-state index contributed by atoms with van der Waals surface area (Å²) in [7, 11) is 0. The van der Waals surface area contributed by atoms with Crippen LogP contribution in [0.4, 0.5) is 0 Å². The number of rotatable bonds is 6. The third-order valence-corrected chi connectivity index (χ3v) is 2.46. The van der Waals surface area contributed by atoms with Crippen molar-refractivity contribution in [2.45, 2.75) is 32.4 Å². The molecule has 0 spiro atoms. The van der Waals surface area contributed by atoms with Gasteiger partial charge in [-0.05, 0) is 24.1 Å². The molecule has 0 amide bonds. The van der Waals surface area contributed by atoms with Crippen LogP contribution in [0.15, 0.2) is 24.3 Å². The van der Waals surface area contributed by atoms with Gasteiger partial charge < -0.3 is 10.4 Å². The maximum Gasteiger partial charge on any atom is 0.0664 e. The Hall–Kier alpha value is -0.570. The van der Waals surface area contributed by atoms with Gasteiger partial charge in [-0.15, -0.1) is 0 Å². The highest BCUT2D eigenvalue weighted by atomic mass is 35.5. The summed E-state index contributed by atoms with van der Waals surface area (Å²) < 4.78 is 0. The highest BCUT2D eigenvalue weighted by Gasteiger charge is 2.01. The number of hydrogen-bond acceptors (Lipinski definition) is 2. The third kappa shape index (κ3) is 5.17. The zero-order valence-electron chi connectivity index (χ0n) is 9.04. The zero-order valence-corrected chi connectivity index (χ0v) is 9.80. The van der Waals surface area contributed by atoms with E-state index < -0.39 is 0 Å². The monoisotopic (exact) mass is 227 g/mol. The Kier molecular flexibility index (Phi) is 5.69. The van der Waals surface area contributed by atoms with E-state index in [4.69, 9.17) is 11.6 Å². The van der Waals surface area contributed by atoms with Crippen molar-refractivity contribution in [1.29, 1.82) is 0 Å². The molecule has 1 atom stereocenters. The average Bonchev–Trinajstić information content (AvgIpc) is 2.18. The lowest BCUT2D eigenvalue weighted by Crippen LogP contribution is -2.26. The number of hydrogen-bond donors (Lipinski definition) is 2. The summed E-state index contributed by atoms with van der Waals surface area (Å²) in [6.45, 7) is 3.46. The van der Waals surface area contributed by atoms with E-state index in [0.717, 1.165) is 30.0 Å². The minimum Gasteiger partial charge on any atom is -0.392 e. The summed E-state index contributed by atoms with van der Waals surface area (Å²) in [5.41, 5.74) is 1.14. The van der Waals surface area contributed by atoms with E-state index in [1.54, 1.807) is 0 Å². The predicted octanol–water partition coefficient (Wildman–Crippen LogP) is 2.59. The van der Waals surface area contributed by atoms with Crippen molar-refractivity contribution in [2.24, 2.45) is 0 Å².